The lowest BCUT2D eigenvalue weighted by Gasteiger charge is -2.07. The molecule has 2 amide bonds. The molecular formula is C20H23ClN2O2. The second-order valence-corrected chi connectivity index (χ2v) is 6.39. The normalized spacial score (nSPS) is 10.3. The van der Waals surface area contributed by atoms with Gasteiger partial charge in [-0.1, -0.05) is 41.4 Å². The van der Waals surface area contributed by atoms with Crippen LogP contribution in [0.25, 0.3) is 0 Å². The van der Waals surface area contributed by atoms with E-state index in [1.54, 1.807) is 24.3 Å². The first kappa shape index (κ1) is 19.0. The molecule has 0 unspecified atom stereocenters. The highest BCUT2D eigenvalue weighted by Gasteiger charge is 2.05. The van der Waals surface area contributed by atoms with Gasteiger partial charge < -0.3 is 10.6 Å². The van der Waals surface area contributed by atoms with E-state index < -0.39 is 0 Å². The molecule has 0 atom stereocenters. The number of aryl methyl sites for hydroxylation is 1. The van der Waals surface area contributed by atoms with E-state index >= 15 is 0 Å². The third-order valence-corrected chi connectivity index (χ3v) is 4.04. The third-order valence-electron chi connectivity index (χ3n) is 3.79. The van der Waals surface area contributed by atoms with Crippen LogP contribution in [0.2, 0.25) is 5.02 Å². The van der Waals surface area contributed by atoms with E-state index in [1.807, 2.05) is 6.07 Å². The van der Waals surface area contributed by atoms with Crippen molar-refractivity contribution in [1.82, 2.24) is 10.6 Å². The van der Waals surface area contributed by atoms with Crippen LogP contribution in [0.4, 0.5) is 0 Å². The lowest BCUT2D eigenvalue weighted by molar-refractivity contribution is -0.121. The quantitative estimate of drug-likeness (QED) is 0.709. The van der Waals surface area contributed by atoms with Crippen LogP contribution in [0.5, 0.6) is 0 Å². The van der Waals surface area contributed by atoms with Crippen molar-refractivity contribution in [1.29, 1.82) is 0 Å². The lowest BCUT2D eigenvalue weighted by atomic mass is 10.1. The molecule has 25 heavy (non-hydrogen) atoms. The van der Waals surface area contributed by atoms with Gasteiger partial charge >= 0.3 is 0 Å². The van der Waals surface area contributed by atoms with Crippen molar-refractivity contribution >= 4 is 23.4 Å². The Balaban J connectivity index is 1.59. The maximum absolute atomic E-state index is 11.9. The Bertz CT molecular complexity index is 714. The van der Waals surface area contributed by atoms with E-state index in [4.69, 9.17) is 11.6 Å². The smallest absolute Gasteiger partial charge is 0.251 e. The second kappa shape index (κ2) is 9.84. The van der Waals surface area contributed by atoms with E-state index in [-0.39, 0.29) is 11.8 Å². The minimum Gasteiger partial charge on any atom is -0.356 e. The summed E-state index contributed by atoms with van der Waals surface area (Å²) in [5, 5.41) is 6.31. The number of hydrogen-bond acceptors (Lipinski definition) is 2. The Morgan fingerprint density at radius 2 is 1.76 bits per heavy atom. The minimum atomic E-state index is -0.156. The SMILES string of the molecule is Cc1cccc(CCNC(=O)CCCNC(=O)c2ccc(Cl)cc2)c1. The van der Waals surface area contributed by atoms with Crippen LogP contribution < -0.4 is 10.6 Å². The minimum absolute atomic E-state index is 0.00777. The first-order valence-corrected chi connectivity index (χ1v) is 8.78. The molecule has 0 saturated heterocycles. The van der Waals surface area contributed by atoms with Crippen molar-refractivity contribution in [2.24, 2.45) is 0 Å². The van der Waals surface area contributed by atoms with Crippen LogP contribution in [-0.2, 0) is 11.2 Å². The van der Waals surface area contributed by atoms with Gasteiger partial charge in [0, 0.05) is 30.1 Å². The molecule has 0 saturated carbocycles. The van der Waals surface area contributed by atoms with Gasteiger partial charge in [0.1, 0.15) is 0 Å². The Kier molecular flexibility index (Phi) is 7.48. The molecule has 0 spiro atoms. The summed E-state index contributed by atoms with van der Waals surface area (Å²) in [7, 11) is 0. The standard InChI is InChI=1S/C20H23ClN2O2/c1-15-4-2-5-16(14-15)11-13-22-19(24)6-3-12-23-20(25)17-7-9-18(21)10-8-17/h2,4-5,7-10,14H,3,6,11-13H2,1H3,(H,22,24)(H,23,25). The predicted octanol–water partition coefficient (Wildman–Crippen LogP) is 3.52. The summed E-state index contributed by atoms with van der Waals surface area (Å²) in [6.07, 6.45) is 1.82. The number of carbonyl (C=O) groups is 2. The van der Waals surface area contributed by atoms with Crippen LogP contribution in [0, 0.1) is 6.92 Å². The van der Waals surface area contributed by atoms with Crippen molar-refractivity contribution in [3.05, 3.63) is 70.2 Å². The first-order valence-electron chi connectivity index (χ1n) is 8.40. The second-order valence-electron chi connectivity index (χ2n) is 5.96. The summed E-state index contributed by atoms with van der Waals surface area (Å²) in [5.74, 6) is -0.148. The van der Waals surface area contributed by atoms with E-state index in [0.717, 1.165) is 6.42 Å². The average Bonchev–Trinajstić information content (AvgIpc) is 2.59. The highest BCUT2D eigenvalue weighted by Crippen LogP contribution is 2.09. The maximum Gasteiger partial charge on any atom is 0.251 e. The molecule has 2 rings (SSSR count). The van der Waals surface area contributed by atoms with Gasteiger partial charge in [0.25, 0.3) is 5.91 Å². The number of rotatable bonds is 8. The van der Waals surface area contributed by atoms with E-state index in [9.17, 15) is 9.59 Å². The van der Waals surface area contributed by atoms with Crippen molar-refractivity contribution in [2.45, 2.75) is 26.2 Å². The fourth-order valence-electron chi connectivity index (χ4n) is 2.46. The average molecular weight is 359 g/mol. The third kappa shape index (κ3) is 6.98. The zero-order chi connectivity index (χ0) is 18.1. The van der Waals surface area contributed by atoms with Crippen LogP contribution in [0.15, 0.2) is 48.5 Å². The molecule has 0 radical (unpaired) electrons. The van der Waals surface area contributed by atoms with E-state index in [0.29, 0.717) is 36.5 Å². The molecule has 0 aliphatic rings. The van der Waals surface area contributed by atoms with Crippen LogP contribution in [0.3, 0.4) is 0 Å². The molecule has 2 N–H and O–H groups in total. The molecule has 2 aromatic rings. The molecule has 0 heterocycles. The van der Waals surface area contributed by atoms with Gasteiger partial charge in [-0.05, 0) is 49.6 Å². The monoisotopic (exact) mass is 358 g/mol. The highest BCUT2D eigenvalue weighted by molar-refractivity contribution is 6.30. The number of benzene rings is 2. The Labute approximate surface area is 153 Å². The largest absolute Gasteiger partial charge is 0.356 e. The number of halogens is 1. The fraction of sp³-hybridized carbons (Fsp3) is 0.300. The summed E-state index contributed by atoms with van der Waals surface area (Å²) in [5.41, 5.74) is 3.00. The molecule has 2 aromatic carbocycles. The van der Waals surface area contributed by atoms with Crippen LogP contribution in [-0.4, -0.2) is 24.9 Å². The van der Waals surface area contributed by atoms with Crippen LogP contribution >= 0.6 is 11.6 Å². The number of amides is 2. The summed E-state index contributed by atoms with van der Waals surface area (Å²) >= 11 is 5.79. The van der Waals surface area contributed by atoms with E-state index in [2.05, 4.69) is 35.8 Å². The van der Waals surface area contributed by atoms with Crippen molar-refractivity contribution in [2.75, 3.05) is 13.1 Å². The molecule has 0 bridgehead atoms. The number of carbonyl (C=O) groups excluding carboxylic acids is 2. The Morgan fingerprint density at radius 3 is 2.48 bits per heavy atom. The van der Waals surface area contributed by atoms with Gasteiger partial charge in [0.15, 0.2) is 0 Å². The van der Waals surface area contributed by atoms with Gasteiger partial charge in [-0.15, -0.1) is 0 Å². The maximum atomic E-state index is 11.9. The van der Waals surface area contributed by atoms with Gasteiger partial charge in [-0.2, -0.15) is 0 Å². The van der Waals surface area contributed by atoms with Gasteiger partial charge in [-0.25, -0.2) is 0 Å². The van der Waals surface area contributed by atoms with Crippen molar-refractivity contribution in [3.63, 3.8) is 0 Å². The summed E-state index contributed by atoms with van der Waals surface area (Å²) in [4.78, 5) is 23.7. The molecule has 0 aliphatic heterocycles. The molecule has 132 valence electrons. The van der Waals surface area contributed by atoms with E-state index in [1.165, 1.54) is 11.1 Å². The lowest BCUT2D eigenvalue weighted by Crippen LogP contribution is -2.28. The Morgan fingerprint density at radius 1 is 1.00 bits per heavy atom. The summed E-state index contributed by atoms with van der Waals surface area (Å²) in [6.45, 7) is 3.15. The fourth-order valence-corrected chi connectivity index (χ4v) is 2.58. The topological polar surface area (TPSA) is 58.2 Å². The molecule has 0 aliphatic carbocycles. The molecule has 4 nitrogen and oxygen atoms in total. The summed E-state index contributed by atoms with van der Waals surface area (Å²) < 4.78 is 0. The molecule has 0 fully saturated rings. The predicted molar refractivity (Wildman–Crippen MR) is 101 cm³/mol. The first-order chi connectivity index (χ1) is 12.0. The zero-order valence-electron chi connectivity index (χ0n) is 14.3. The van der Waals surface area contributed by atoms with Gasteiger partial charge in [0.2, 0.25) is 5.91 Å². The number of hydrogen-bond donors (Lipinski definition) is 2. The Hall–Kier alpha value is -2.33. The summed E-state index contributed by atoms with van der Waals surface area (Å²) in [6, 6.07) is 15.0. The van der Waals surface area contributed by atoms with Gasteiger partial charge in [-0.3, -0.25) is 9.59 Å². The van der Waals surface area contributed by atoms with Crippen molar-refractivity contribution < 1.29 is 9.59 Å². The molecule has 5 heteroatoms. The van der Waals surface area contributed by atoms with Gasteiger partial charge in [0.05, 0.1) is 0 Å². The zero-order valence-corrected chi connectivity index (χ0v) is 15.1. The number of nitrogens with one attached hydrogen (secondary N) is 2. The molecular weight excluding hydrogens is 336 g/mol. The van der Waals surface area contributed by atoms with Crippen molar-refractivity contribution in [3.8, 4) is 0 Å². The highest BCUT2D eigenvalue weighted by atomic mass is 35.5. The van der Waals surface area contributed by atoms with Crippen LogP contribution in [0.1, 0.15) is 34.3 Å². The molecule has 0 aromatic heterocycles.